The molecule has 20 heavy (non-hydrogen) atoms. The molecule has 2 aromatic rings. The van der Waals surface area contributed by atoms with Crippen LogP contribution in [0.4, 0.5) is 5.69 Å². The van der Waals surface area contributed by atoms with Gasteiger partial charge in [0.15, 0.2) is 11.5 Å². The predicted molar refractivity (Wildman–Crippen MR) is 73.1 cm³/mol. The van der Waals surface area contributed by atoms with Gasteiger partial charge in [-0.15, -0.1) is 0 Å². The molecule has 0 amide bonds. The Balaban J connectivity index is 2.17. The van der Waals surface area contributed by atoms with Gasteiger partial charge in [-0.3, -0.25) is 4.79 Å². The van der Waals surface area contributed by atoms with Crippen molar-refractivity contribution >= 4 is 17.4 Å². The first-order valence-electron chi connectivity index (χ1n) is 5.90. The lowest BCUT2D eigenvalue weighted by atomic mass is 10.0. The first-order chi connectivity index (χ1) is 9.51. The highest BCUT2D eigenvalue weighted by Gasteiger charge is 2.13. The maximum absolute atomic E-state index is 12.1. The third kappa shape index (κ3) is 2.75. The molecule has 100 valence electrons. The van der Waals surface area contributed by atoms with E-state index < -0.39 is 5.97 Å². The Labute approximate surface area is 115 Å². The van der Waals surface area contributed by atoms with Crippen LogP contribution in [0.5, 0.6) is 0 Å². The van der Waals surface area contributed by atoms with Crippen LogP contribution in [-0.4, -0.2) is 21.4 Å². The standard InChI is InChI=1S/C15H12N2O3/c1-16-12-5-3-11(4-6-12)14(18)8-10-7-13(15(19)20)17(2)9-10/h3-7,9H,8H2,2H3,(H,19,20). The van der Waals surface area contributed by atoms with Crippen LogP contribution in [0, 0.1) is 6.57 Å². The second-order valence-corrected chi connectivity index (χ2v) is 4.41. The van der Waals surface area contributed by atoms with E-state index in [1.165, 1.54) is 10.6 Å². The first kappa shape index (κ1) is 13.6. The molecular weight excluding hydrogens is 256 g/mol. The van der Waals surface area contributed by atoms with Crippen molar-refractivity contribution in [3.8, 4) is 0 Å². The van der Waals surface area contributed by atoms with E-state index in [0.717, 1.165) is 0 Å². The van der Waals surface area contributed by atoms with Crippen molar-refractivity contribution < 1.29 is 14.7 Å². The highest BCUT2D eigenvalue weighted by Crippen LogP contribution is 2.15. The zero-order chi connectivity index (χ0) is 14.7. The van der Waals surface area contributed by atoms with Crippen LogP contribution in [0.2, 0.25) is 0 Å². The van der Waals surface area contributed by atoms with Crippen LogP contribution >= 0.6 is 0 Å². The van der Waals surface area contributed by atoms with E-state index in [0.29, 0.717) is 16.8 Å². The summed E-state index contributed by atoms with van der Waals surface area (Å²) in [6.45, 7) is 6.85. The Morgan fingerprint density at radius 3 is 2.45 bits per heavy atom. The Morgan fingerprint density at radius 1 is 1.30 bits per heavy atom. The first-order valence-corrected chi connectivity index (χ1v) is 5.90. The summed E-state index contributed by atoms with van der Waals surface area (Å²) >= 11 is 0. The average molecular weight is 268 g/mol. The van der Waals surface area contributed by atoms with Gasteiger partial charge in [-0.1, -0.05) is 24.3 Å². The van der Waals surface area contributed by atoms with Crippen LogP contribution in [-0.2, 0) is 13.5 Å². The van der Waals surface area contributed by atoms with E-state index in [4.69, 9.17) is 11.7 Å². The fraction of sp³-hybridized carbons (Fsp3) is 0.133. The van der Waals surface area contributed by atoms with Crippen molar-refractivity contribution in [2.24, 2.45) is 7.05 Å². The summed E-state index contributed by atoms with van der Waals surface area (Å²) in [6, 6.07) is 7.89. The number of ketones is 1. The van der Waals surface area contributed by atoms with Gasteiger partial charge in [0, 0.05) is 25.2 Å². The minimum atomic E-state index is -1.02. The second-order valence-electron chi connectivity index (χ2n) is 4.41. The van der Waals surface area contributed by atoms with Gasteiger partial charge in [-0.2, -0.15) is 0 Å². The lowest BCUT2D eigenvalue weighted by molar-refractivity contribution is 0.0686. The van der Waals surface area contributed by atoms with Gasteiger partial charge in [-0.05, 0) is 11.6 Å². The number of carboxylic acid groups (broad SMARTS) is 1. The van der Waals surface area contributed by atoms with E-state index in [1.54, 1.807) is 37.5 Å². The molecule has 1 heterocycles. The number of Topliss-reactive ketones (excluding diaryl/α,β-unsaturated/α-hetero) is 1. The number of aryl methyl sites for hydroxylation is 1. The van der Waals surface area contributed by atoms with Crippen LogP contribution in [0.25, 0.3) is 4.85 Å². The molecule has 0 aliphatic rings. The molecule has 5 heteroatoms. The van der Waals surface area contributed by atoms with Crippen molar-refractivity contribution in [3.63, 3.8) is 0 Å². The summed E-state index contributed by atoms with van der Waals surface area (Å²) < 4.78 is 1.48. The maximum Gasteiger partial charge on any atom is 0.352 e. The molecule has 1 aromatic carbocycles. The molecule has 0 aliphatic heterocycles. The number of nitrogens with zero attached hydrogens (tertiary/aromatic N) is 2. The van der Waals surface area contributed by atoms with Crippen molar-refractivity contribution in [1.82, 2.24) is 4.57 Å². The molecule has 2 rings (SSSR count). The molecule has 1 aromatic heterocycles. The molecule has 0 spiro atoms. The van der Waals surface area contributed by atoms with Crippen LogP contribution in [0.3, 0.4) is 0 Å². The van der Waals surface area contributed by atoms with Gasteiger partial charge in [0.25, 0.3) is 0 Å². The normalized spacial score (nSPS) is 10.0. The Bertz CT molecular complexity index is 706. The zero-order valence-corrected chi connectivity index (χ0v) is 10.8. The Morgan fingerprint density at radius 2 is 1.95 bits per heavy atom. The zero-order valence-electron chi connectivity index (χ0n) is 10.8. The van der Waals surface area contributed by atoms with Crippen molar-refractivity contribution in [2.75, 3.05) is 0 Å². The van der Waals surface area contributed by atoms with Crippen LogP contribution < -0.4 is 0 Å². The third-order valence-electron chi connectivity index (χ3n) is 2.96. The van der Waals surface area contributed by atoms with Gasteiger partial charge in [0.2, 0.25) is 0 Å². The van der Waals surface area contributed by atoms with Gasteiger partial charge in [-0.25, -0.2) is 9.64 Å². The maximum atomic E-state index is 12.1. The summed E-state index contributed by atoms with van der Waals surface area (Å²) in [5, 5.41) is 8.95. The largest absolute Gasteiger partial charge is 0.477 e. The third-order valence-corrected chi connectivity index (χ3v) is 2.96. The number of benzene rings is 1. The molecule has 0 atom stereocenters. The van der Waals surface area contributed by atoms with Crippen molar-refractivity contribution in [1.29, 1.82) is 0 Å². The number of hydrogen-bond acceptors (Lipinski definition) is 2. The van der Waals surface area contributed by atoms with Gasteiger partial charge >= 0.3 is 5.97 Å². The number of aromatic carboxylic acids is 1. The molecular formula is C15H12N2O3. The second kappa shape index (κ2) is 5.41. The Hall–Kier alpha value is -2.87. The topological polar surface area (TPSA) is 63.7 Å². The van der Waals surface area contributed by atoms with E-state index in [2.05, 4.69) is 4.85 Å². The van der Waals surface area contributed by atoms with Gasteiger partial charge in [0.1, 0.15) is 5.69 Å². The van der Waals surface area contributed by atoms with Gasteiger partial charge < -0.3 is 9.67 Å². The molecule has 0 fully saturated rings. The monoisotopic (exact) mass is 268 g/mol. The summed E-state index contributed by atoms with van der Waals surface area (Å²) in [5.74, 6) is -1.13. The molecule has 0 unspecified atom stereocenters. The van der Waals surface area contributed by atoms with Crippen molar-refractivity contribution in [2.45, 2.75) is 6.42 Å². The minimum absolute atomic E-state index is 0.107. The van der Waals surface area contributed by atoms with Gasteiger partial charge in [0.05, 0.1) is 6.57 Å². The summed E-state index contributed by atoms with van der Waals surface area (Å²) in [4.78, 5) is 26.3. The van der Waals surface area contributed by atoms with Crippen LogP contribution in [0.1, 0.15) is 26.4 Å². The summed E-state index contributed by atoms with van der Waals surface area (Å²) in [5.41, 5.74) is 1.80. The number of rotatable bonds is 4. The lowest BCUT2D eigenvalue weighted by Crippen LogP contribution is -2.02. The lowest BCUT2D eigenvalue weighted by Gasteiger charge is -1.99. The SMILES string of the molecule is [C-]#[N+]c1ccc(C(=O)Cc2cc(C(=O)O)n(C)c2)cc1. The number of carboxylic acids is 1. The van der Waals surface area contributed by atoms with E-state index in [9.17, 15) is 9.59 Å². The van der Waals surface area contributed by atoms with Crippen molar-refractivity contribution in [3.05, 3.63) is 64.8 Å². The smallest absolute Gasteiger partial charge is 0.352 e. The van der Waals surface area contributed by atoms with E-state index in [1.807, 2.05) is 0 Å². The quantitative estimate of drug-likeness (QED) is 0.685. The summed E-state index contributed by atoms with van der Waals surface area (Å²) in [6.07, 6.45) is 1.77. The molecule has 0 radical (unpaired) electrons. The molecule has 0 saturated carbocycles. The molecule has 1 N–H and O–H groups in total. The Kier molecular flexibility index (Phi) is 3.67. The predicted octanol–water partition coefficient (Wildman–Crippen LogP) is 2.70. The van der Waals surface area contributed by atoms with E-state index in [-0.39, 0.29) is 17.9 Å². The molecule has 5 nitrogen and oxygen atoms in total. The number of aromatic nitrogens is 1. The average Bonchev–Trinajstić information content (AvgIpc) is 2.79. The number of carbonyl (C=O) groups is 2. The fourth-order valence-corrected chi connectivity index (χ4v) is 1.95. The highest BCUT2D eigenvalue weighted by atomic mass is 16.4. The summed E-state index contributed by atoms with van der Waals surface area (Å²) in [7, 11) is 1.63. The number of hydrogen-bond donors (Lipinski definition) is 1. The number of carbonyl (C=O) groups excluding carboxylic acids is 1. The van der Waals surface area contributed by atoms with E-state index >= 15 is 0 Å². The minimum Gasteiger partial charge on any atom is -0.477 e. The molecule has 0 bridgehead atoms. The fourth-order valence-electron chi connectivity index (χ4n) is 1.95. The van der Waals surface area contributed by atoms with Crippen LogP contribution in [0.15, 0.2) is 36.5 Å². The molecule has 0 saturated heterocycles. The molecule has 0 aliphatic carbocycles. The highest BCUT2D eigenvalue weighted by molar-refractivity contribution is 5.98.